The lowest BCUT2D eigenvalue weighted by Gasteiger charge is -2.10. The zero-order valence-electron chi connectivity index (χ0n) is 10.8. The molecule has 1 aromatic rings. The summed E-state index contributed by atoms with van der Waals surface area (Å²) in [5.41, 5.74) is 1.01. The highest BCUT2D eigenvalue weighted by atomic mass is 32.2. The average molecular weight is 287 g/mol. The third-order valence-corrected chi connectivity index (χ3v) is 3.81. The molecule has 6 nitrogen and oxygen atoms in total. The van der Waals surface area contributed by atoms with Crippen LogP contribution in [-0.2, 0) is 26.0 Å². The number of methoxy groups -OCH3 is 1. The summed E-state index contributed by atoms with van der Waals surface area (Å²) in [7, 11) is -2.50. The first kappa shape index (κ1) is 15.3. The van der Waals surface area contributed by atoms with E-state index in [1.165, 1.54) is 13.2 Å². The van der Waals surface area contributed by atoms with Crippen LogP contribution >= 0.6 is 0 Å². The number of phenolic OH excluding ortho intramolecular Hbond substituents is 1. The van der Waals surface area contributed by atoms with E-state index in [1.54, 1.807) is 12.1 Å². The largest absolute Gasteiger partial charge is 0.506 e. The van der Waals surface area contributed by atoms with Gasteiger partial charge in [-0.05, 0) is 24.1 Å². The van der Waals surface area contributed by atoms with Crippen molar-refractivity contribution >= 4 is 21.7 Å². The molecule has 0 unspecified atom stereocenters. The number of sulfonamides is 1. The Labute approximate surface area is 112 Å². The highest BCUT2D eigenvalue weighted by Crippen LogP contribution is 2.25. The second-order valence-corrected chi connectivity index (χ2v) is 5.79. The van der Waals surface area contributed by atoms with Gasteiger partial charge >= 0.3 is 5.97 Å². The van der Waals surface area contributed by atoms with Crippen LogP contribution in [0.2, 0.25) is 0 Å². The molecule has 0 fully saturated rings. The first-order chi connectivity index (χ1) is 8.88. The lowest BCUT2D eigenvalue weighted by Crippen LogP contribution is -2.19. The molecule has 0 saturated carbocycles. The van der Waals surface area contributed by atoms with Gasteiger partial charge in [0.1, 0.15) is 5.75 Å². The minimum absolute atomic E-state index is 0.115. The summed E-state index contributed by atoms with van der Waals surface area (Å²) < 4.78 is 30.1. The van der Waals surface area contributed by atoms with Crippen molar-refractivity contribution < 1.29 is 23.1 Å². The monoisotopic (exact) mass is 287 g/mol. The summed E-state index contributed by atoms with van der Waals surface area (Å²) in [5, 5.41) is 9.60. The molecule has 0 heterocycles. The van der Waals surface area contributed by atoms with Crippen LogP contribution in [0.5, 0.6) is 5.75 Å². The number of benzene rings is 1. The van der Waals surface area contributed by atoms with Gasteiger partial charge in [-0.15, -0.1) is 0 Å². The Balaban J connectivity index is 2.80. The van der Waals surface area contributed by atoms with E-state index in [0.29, 0.717) is 0 Å². The Morgan fingerprint density at radius 3 is 2.68 bits per heavy atom. The van der Waals surface area contributed by atoms with Crippen LogP contribution in [0.1, 0.15) is 18.9 Å². The summed E-state index contributed by atoms with van der Waals surface area (Å²) in [6, 6.07) is 4.70. The van der Waals surface area contributed by atoms with Crippen molar-refractivity contribution in [1.29, 1.82) is 0 Å². The lowest BCUT2D eigenvalue weighted by molar-refractivity contribution is -0.140. The van der Waals surface area contributed by atoms with Crippen LogP contribution < -0.4 is 4.72 Å². The molecule has 0 saturated heterocycles. The third kappa shape index (κ3) is 4.78. The molecule has 1 rings (SSSR count). The summed E-state index contributed by atoms with van der Waals surface area (Å²) >= 11 is 0. The number of nitrogens with one attached hydrogen (secondary N) is 1. The Bertz CT molecular complexity index is 553. The van der Waals surface area contributed by atoms with Gasteiger partial charge in [0.05, 0.1) is 25.0 Å². The van der Waals surface area contributed by atoms with Crippen molar-refractivity contribution in [2.75, 3.05) is 17.6 Å². The maximum absolute atomic E-state index is 11.7. The van der Waals surface area contributed by atoms with Crippen molar-refractivity contribution in [3.8, 4) is 5.75 Å². The highest BCUT2D eigenvalue weighted by Gasteiger charge is 2.15. The molecule has 1 aromatic carbocycles. The van der Waals surface area contributed by atoms with Gasteiger partial charge in [-0.2, -0.15) is 0 Å². The maximum Gasteiger partial charge on any atom is 0.306 e. The number of anilines is 1. The van der Waals surface area contributed by atoms with Gasteiger partial charge in [-0.25, -0.2) is 8.42 Å². The Morgan fingerprint density at radius 1 is 1.42 bits per heavy atom. The van der Waals surface area contributed by atoms with Gasteiger partial charge in [-0.1, -0.05) is 13.0 Å². The fraction of sp³-hybridized carbons (Fsp3) is 0.417. The number of hydrogen-bond donors (Lipinski definition) is 2. The predicted octanol–water partition coefficient (Wildman–Crippen LogP) is 1.26. The smallest absolute Gasteiger partial charge is 0.306 e. The van der Waals surface area contributed by atoms with Gasteiger partial charge in [-0.3, -0.25) is 9.52 Å². The van der Waals surface area contributed by atoms with E-state index in [0.717, 1.165) is 12.0 Å². The molecular formula is C12H17NO5S. The van der Waals surface area contributed by atoms with Crippen LogP contribution in [0.25, 0.3) is 0 Å². The number of hydrogen-bond acceptors (Lipinski definition) is 5. The number of rotatable bonds is 6. The lowest BCUT2D eigenvalue weighted by atomic mass is 10.1. The Kier molecular flexibility index (Phi) is 5.17. The van der Waals surface area contributed by atoms with E-state index >= 15 is 0 Å². The predicted molar refractivity (Wildman–Crippen MR) is 71.5 cm³/mol. The average Bonchev–Trinajstić information content (AvgIpc) is 2.38. The molecule has 0 amide bonds. The highest BCUT2D eigenvalue weighted by molar-refractivity contribution is 7.92. The molecule has 0 radical (unpaired) electrons. The van der Waals surface area contributed by atoms with Crippen molar-refractivity contribution in [1.82, 2.24) is 0 Å². The zero-order chi connectivity index (χ0) is 14.5. The van der Waals surface area contributed by atoms with Crippen molar-refractivity contribution in [2.45, 2.75) is 19.8 Å². The molecule has 0 bridgehead atoms. The first-order valence-corrected chi connectivity index (χ1v) is 7.42. The van der Waals surface area contributed by atoms with Crippen LogP contribution in [0.3, 0.4) is 0 Å². The van der Waals surface area contributed by atoms with Gasteiger partial charge in [0.25, 0.3) is 0 Å². The van der Waals surface area contributed by atoms with E-state index in [2.05, 4.69) is 9.46 Å². The quantitative estimate of drug-likeness (QED) is 0.607. The standard InChI is InChI=1S/C12H17NO5S/c1-3-9-4-5-11(14)10(8-9)13-19(16,17)7-6-12(15)18-2/h4-5,8,13-14H,3,6-7H2,1-2H3. The van der Waals surface area contributed by atoms with E-state index in [9.17, 15) is 18.3 Å². The van der Waals surface area contributed by atoms with E-state index in [1.807, 2.05) is 6.92 Å². The Hall–Kier alpha value is -1.76. The van der Waals surface area contributed by atoms with Gasteiger partial charge in [0.2, 0.25) is 10.0 Å². The number of aromatic hydroxyl groups is 1. The molecule has 2 N–H and O–H groups in total. The SMILES string of the molecule is CCc1ccc(O)c(NS(=O)(=O)CCC(=O)OC)c1. The molecular weight excluding hydrogens is 270 g/mol. The maximum atomic E-state index is 11.7. The van der Waals surface area contributed by atoms with E-state index < -0.39 is 21.7 Å². The molecule has 0 aliphatic rings. The molecule has 0 aliphatic carbocycles. The fourth-order valence-electron chi connectivity index (χ4n) is 1.42. The van der Waals surface area contributed by atoms with Gasteiger partial charge in [0, 0.05) is 0 Å². The molecule has 0 aromatic heterocycles. The van der Waals surface area contributed by atoms with Crippen molar-refractivity contribution in [2.24, 2.45) is 0 Å². The van der Waals surface area contributed by atoms with Crippen LogP contribution in [0.4, 0.5) is 5.69 Å². The normalized spacial score (nSPS) is 11.1. The molecule has 106 valence electrons. The summed E-state index contributed by atoms with van der Waals surface area (Å²) in [6.07, 6.45) is 0.483. The molecule has 19 heavy (non-hydrogen) atoms. The number of esters is 1. The summed E-state index contributed by atoms with van der Waals surface area (Å²) in [6.45, 7) is 1.92. The minimum atomic E-state index is -3.70. The number of carbonyl (C=O) groups is 1. The second-order valence-electron chi connectivity index (χ2n) is 3.95. The number of phenols is 1. The molecule has 0 aliphatic heterocycles. The van der Waals surface area contributed by atoms with Crippen LogP contribution in [0.15, 0.2) is 18.2 Å². The molecule has 0 spiro atoms. The van der Waals surface area contributed by atoms with Crippen LogP contribution in [0, 0.1) is 0 Å². The minimum Gasteiger partial charge on any atom is -0.506 e. The second kappa shape index (κ2) is 6.42. The zero-order valence-corrected chi connectivity index (χ0v) is 11.7. The van der Waals surface area contributed by atoms with Crippen molar-refractivity contribution in [3.05, 3.63) is 23.8 Å². The fourth-order valence-corrected chi connectivity index (χ4v) is 2.46. The van der Waals surface area contributed by atoms with Crippen LogP contribution in [-0.4, -0.2) is 32.4 Å². The van der Waals surface area contributed by atoms with Gasteiger partial charge in [0.15, 0.2) is 0 Å². The number of ether oxygens (including phenoxy) is 1. The third-order valence-electron chi connectivity index (χ3n) is 2.54. The molecule has 7 heteroatoms. The molecule has 0 atom stereocenters. The van der Waals surface area contributed by atoms with Crippen molar-refractivity contribution in [3.63, 3.8) is 0 Å². The number of aryl methyl sites for hydroxylation is 1. The topological polar surface area (TPSA) is 92.7 Å². The Morgan fingerprint density at radius 2 is 2.11 bits per heavy atom. The van der Waals surface area contributed by atoms with E-state index in [-0.39, 0.29) is 17.9 Å². The van der Waals surface area contributed by atoms with Gasteiger partial charge < -0.3 is 9.84 Å². The number of carbonyl (C=O) groups excluding carboxylic acids is 1. The van der Waals surface area contributed by atoms with E-state index in [4.69, 9.17) is 0 Å². The summed E-state index contributed by atoms with van der Waals surface area (Å²) in [5.74, 6) is -1.15. The first-order valence-electron chi connectivity index (χ1n) is 5.77. The summed E-state index contributed by atoms with van der Waals surface area (Å²) in [4.78, 5) is 10.9.